The zero-order valence-electron chi connectivity index (χ0n) is 17.0. The first kappa shape index (κ1) is 19.6. The average Bonchev–Trinajstić information content (AvgIpc) is 3.05. The number of hydrogen-bond donors (Lipinski definition) is 2. The van der Waals surface area contributed by atoms with Gasteiger partial charge in [-0.3, -0.25) is 9.59 Å². The number of hydrazine groups is 1. The zero-order valence-corrected chi connectivity index (χ0v) is 17.0. The van der Waals surface area contributed by atoms with E-state index in [1.165, 1.54) is 5.56 Å². The number of amides is 2. The highest BCUT2D eigenvalue weighted by molar-refractivity contribution is 5.98. The second kappa shape index (κ2) is 8.33. The SMILES string of the molecule is Cc1ccc(/C=[N+]2\NC(=O)[C@@H](NC(=O)c3ccccc3)[C@@H]2c2ccc(C)cc2)cc1. The van der Waals surface area contributed by atoms with Gasteiger partial charge in [0.05, 0.1) is 0 Å². The molecule has 2 N–H and O–H groups in total. The number of benzene rings is 3. The van der Waals surface area contributed by atoms with E-state index in [-0.39, 0.29) is 17.9 Å². The molecule has 0 bridgehead atoms. The first-order chi connectivity index (χ1) is 14.5. The second-order valence-corrected chi connectivity index (χ2v) is 7.60. The van der Waals surface area contributed by atoms with Gasteiger partial charge in [-0.2, -0.15) is 0 Å². The molecule has 0 spiro atoms. The van der Waals surface area contributed by atoms with Gasteiger partial charge in [-0.05, 0) is 38.1 Å². The molecule has 5 heteroatoms. The van der Waals surface area contributed by atoms with Crippen molar-refractivity contribution in [2.45, 2.75) is 25.9 Å². The van der Waals surface area contributed by atoms with Crippen LogP contribution in [0.25, 0.3) is 0 Å². The molecule has 0 aromatic heterocycles. The second-order valence-electron chi connectivity index (χ2n) is 7.60. The third-order valence-electron chi connectivity index (χ3n) is 5.24. The van der Waals surface area contributed by atoms with Crippen molar-refractivity contribution in [3.05, 3.63) is 107 Å². The lowest BCUT2D eigenvalue weighted by Gasteiger charge is -2.15. The number of hydrazone groups is 1. The summed E-state index contributed by atoms with van der Waals surface area (Å²) < 4.78 is 1.79. The summed E-state index contributed by atoms with van der Waals surface area (Å²) >= 11 is 0. The van der Waals surface area contributed by atoms with E-state index in [1.54, 1.807) is 28.9 Å². The Morgan fingerprint density at radius 3 is 2.13 bits per heavy atom. The van der Waals surface area contributed by atoms with Crippen molar-refractivity contribution >= 4 is 18.0 Å². The third kappa shape index (κ3) is 4.15. The van der Waals surface area contributed by atoms with E-state index in [4.69, 9.17) is 0 Å². The Bertz CT molecular complexity index is 1090. The molecule has 3 aromatic rings. The topological polar surface area (TPSA) is 61.2 Å². The predicted octanol–water partition coefficient (Wildman–Crippen LogP) is 3.32. The summed E-state index contributed by atoms with van der Waals surface area (Å²) in [5.74, 6) is -0.515. The van der Waals surface area contributed by atoms with Crippen molar-refractivity contribution < 1.29 is 14.3 Å². The summed E-state index contributed by atoms with van der Waals surface area (Å²) in [5.41, 5.74) is 7.65. The molecule has 150 valence electrons. The Labute approximate surface area is 176 Å². The lowest BCUT2D eigenvalue weighted by Crippen LogP contribution is -2.42. The van der Waals surface area contributed by atoms with Crippen molar-refractivity contribution in [2.75, 3.05) is 0 Å². The summed E-state index contributed by atoms with van der Waals surface area (Å²) in [5, 5.41) is 2.92. The molecule has 5 nitrogen and oxygen atoms in total. The Hall–Kier alpha value is -3.73. The maximum atomic E-state index is 12.9. The number of aryl methyl sites for hydroxylation is 2. The Morgan fingerprint density at radius 2 is 1.50 bits per heavy atom. The van der Waals surface area contributed by atoms with E-state index < -0.39 is 6.04 Å². The minimum atomic E-state index is -0.720. The number of hydrogen-bond acceptors (Lipinski definition) is 2. The van der Waals surface area contributed by atoms with Crippen LogP contribution in [0.2, 0.25) is 0 Å². The van der Waals surface area contributed by atoms with Gasteiger partial charge in [0, 0.05) is 16.7 Å². The van der Waals surface area contributed by atoms with E-state index in [0.717, 1.165) is 16.7 Å². The van der Waals surface area contributed by atoms with Crippen LogP contribution in [0.15, 0.2) is 78.9 Å². The largest absolute Gasteiger partial charge is 0.334 e. The molecule has 1 aliphatic heterocycles. The molecule has 3 aromatic carbocycles. The molecule has 0 radical (unpaired) electrons. The summed E-state index contributed by atoms with van der Waals surface area (Å²) in [6.07, 6.45) is 1.90. The van der Waals surface area contributed by atoms with Crippen LogP contribution in [-0.2, 0) is 4.79 Å². The van der Waals surface area contributed by atoms with Gasteiger partial charge in [-0.1, -0.05) is 65.7 Å². The fourth-order valence-corrected chi connectivity index (χ4v) is 3.57. The smallest absolute Gasteiger partial charge is 0.304 e. The summed E-state index contributed by atoms with van der Waals surface area (Å²) in [6.45, 7) is 4.05. The summed E-state index contributed by atoms with van der Waals surface area (Å²) in [6, 6.07) is 23.9. The Balaban J connectivity index is 1.70. The van der Waals surface area contributed by atoms with E-state index >= 15 is 0 Å². The molecule has 4 rings (SSSR count). The van der Waals surface area contributed by atoms with Crippen molar-refractivity contribution in [3.8, 4) is 0 Å². The monoisotopic (exact) mass is 398 g/mol. The minimum Gasteiger partial charge on any atom is -0.334 e. The highest BCUT2D eigenvalue weighted by Crippen LogP contribution is 2.26. The maximum Gasteiger partial charge on any atom is 0.304 e. The van der Waals surface area contributed by atoms with Gasteiger partial charge in [-0.15, -0.1) is 10.1 Å². The number of rotatable bonds is 4. The highest BCUT2D eigenvalue weighted by Gasteiger charge is 2.47. The summed E-state index contributed by atoms with van der Waals surface area (Å²) in [7, 11) is 0. The van der Waals surface area contributed by atoms with Gasteiger partial charge in [-0.25, -0.2) is 0 Å². The van der Waals surface area contributed by atoms with Crippen LogP contribution in [0.3, 0.4) is 0 Å². The van der Waals surface area contributed by atoms with E-state index in [0.29, 0.717) is 5.56 Å². The highest BCUT2D eigenvalue weighted by atomic mass is 16.2. The first-order valence-corrected chi connectivity index (χ1v) is 9.94. The molecular weight excluding hydrogens is 374 g/mol. The molecule has 0 unspecified atom stereocenters. The normalized spacial score (nSPS) is 19.5. The average molecular weight is 398 g/mol. The van der Waals surface area contributed by atoms with Crippen LogP contribution in [0, 0.1) is 13.8 Å². The van der Waals surface area contributed by atoms with Crippen molar-refractivity contribution in [3.63, 3.8) is 0 Å². The molecule has 2 atom stereocenters. The molecule has 1 saturated heterocycles. The predicted molar refractivity (Wildman–Crippen MR) is 116 cm³/mol. The lowest BCUT2D eigenvalue weighted by atomic mass is 9.98. The van der Waals surface area contributed by atoms with E-state index in [1.807, 2.05) is 74.7 Å². The third-order valence-corrected chi connectivity index (χ3v) is 5.24. The number of nitrogens with zero attached hydrogens (tertiary/aromatic N) is 1. The standard InChI is InChI=1S/C25H23N3O2/c1-17-8-12-19(13-9-17)16-28-23(20-14-10-18(2)11-15-20)22(25(30)27-28)26-24(29)21-6-4-3-5-7-21/h3-16,22-23H,1-2H3,(H-,26,27,29,30)/p+1/b28-16-/t22-,23-/m0/s1. The van der Waals surface area contributed by atoms with Gasteiger partial charge in [0.15, 0.2) is 6.04 Å². The van der Waals surface area contributed by atoms with Crippen LogP contribution in [-0.4, -0.2) is 28.8 Å². The number of carbonyl (C=O) groups is 2. The minimum absolute atomic E-state index is 0.242. The van der Waals surface area contributed by atoms with Crippen molar-refractivity contribution in [1.29, 1.82) is 0 Å². The van der Waals surface area contributed by atoms with Crippen LogP contribution in [0.4, 0.5) is 0 Å². The molecule has 2 amide bonds. The van der Waals surface area contributed by atoms with E-state index in [2.05, 4.69) is 10.7 Å². The van der Waals surface area contributed by atoms with Gasteiger partial charge < -0.3 is 5.32 Å². The quantitative estimate of drug-likeness (QED) is 0.663. The van der Waals surface area contributed by atoms with Crippen molar-refractivity contribution in [2.24, 2.45) is 0 Å². The van der Waals surface area contributed by atoms with Gasteiger partial charge in [0.25, 0.3) is 5.91 Å². The van der Waals surface area contributed by atoms with Crippen LogP contribution < -0.4 is 10.7 Å². The summed E-state index contributed by atoms with van der Waals surface area (Å²) in [4.78, 5) is 25.6. The first-order valence-electron chi connectivity index (χ1n) is 9.94. The molecule has 1 fully saturated rings. The van der Waals surface area contributed by atoms with Crippen LogP contribution in [0.5, 0.6) is 0 Å². The molecule has 30 heavy (non-hydrogen) atoms. The number of nitrogens with one attached hydrogen (secondary N) is 2. The maximum absolute atomic E-state index is 12.9. The number of carbonyl (C=O) groups excluding carboxylic acids is 2. The molecular formula is C25H24N3O2+. The fourth-order valence-electron chi connectivity index (χ4n) is 3.57. The van der Waals surface area contributed by atoms with Crippen LogP contribution >= 0.6 is 0 Å². The van der Waals surface area contributed by atoms with Gasteiger partial charge in [0.2, 0.25) is 12.3 Å². The van der Waals surface area contributed by atoms with Gasteiger partial charge >= 0.3 is 5.91 Å². The van der Waals surface area contributed by atoms with Crippen LogP contribution in [0.1, 0.15) is 38.7 Å². The molecule has 0 saturated carbocycles. The molecule has 0 aliphatic carbocycles. The fraction of sp³-hybridized carbons (Fsp3) is 0.160. The lowest BCUT2D eigenvalue weighted by molar-refractivity contribution is -0.596. The van der Waals surface area contributed by atoms with Crippen molar-refractivity contribution in [1.82, 2.24) is 10.7 Å². The zero-order chi connectivity index (χ0) is 21.1. The Kier molecular flexibility index (Phi) is 5.44. The Morgan fingerprint density at radius 1 is 0.900 bits per heavy atom. The van der Waals surface area contributed by atoms with E-state index in [9.17, 15) is 9.59 Å². The molecule has 1 aliphatic rings. The van der Waals surface area contributed by atoms with Gasteiger partial charge in [0.1, 0.15) is 0 Å². The molecule has 1 heterocycles.